The molecule has 0 bridgehead atoms. The molecule has 126 valence electrons. The van der Waals surface area contributed by atoms with Gasteiger partial charge < -0.3 is 19.3 Å². The van der Waals surface area contributed by atoms with Crippen LogP contribution in [0.4, 0.5) is 0 Å². The zero-order valence-corrected chi connectivity index (χ0v) is 16.8. The monoisotopic (exact) mass is 380 g/mol. The van der Waals surface area contributed by atoms with E-state index in [-0.39, 0.29) is 26.2 Å². The van der Waals surface area contributed by atoms with E-state index in [0.717, 1.165) is 38.5 Å². The van der Waals surface area contributed by atoms with Gasteiger partial charge in [-0.05, 0) is 25.7 Å². The minimum absolute atomic E-state index is 0. The Morgan fingerprint density at radius 2 is 1.24 bits per heavy atom. The number of ether oxygens (including phenoxy) is 3. The van der Waals surface area contributed by atoms with Crippen molar-refractivity contribution in [1.29, 1.82) is 0 Å². The van der Waals surface area contributed by atoms with Crippen molar-refractivity contribution in [3.63, 3.8) is 0 Å². The molecule has 0 rings (SSSR count). The molecule has 0 fully saturated rings. The van der Waals surface area contributed by atoms with E-state index in [1.165, 1.54) is 0 Å². The summed E-state index contributed by atoms with van der Waals surface area (Å²) in [4.78, 5) is 0. The Balaban J connectivity index is 0. The fourth-order valence-corrected chi connectivity index (χ4v) is 1.80. The van der Waals surface area contributed by atoms with Crippen LogP contribution in [0, 0.1) is 0 Å². The van der Waals surface area contributed by atoms with Gasteiger partial charge in [0.05, 0.1) is 13.2 Å². The summed E-state index contributed by atoms with van der Waals surface area (Å²) in [5, 5.41) is 10.7. The second-order valence-corrected chi connectivity index (χ2v) is 5.16. The molecule has 21 heavy (non-hydrogen) atoms. The van der Waals surface area contributed by atoms with Gasteiger partial charge in [0.15, 0.2) is 0 Å². The van der Waals surface area contributed by atoms with Gasteiger partial charge in [-0.3, -0.25) is 0 Å². The van der Waals surface area contributed by atoms with Gasteiger partial charge in [0.25, 0.3) is 0 Å². The van der Waals surface area contributed by atoms with Gasteiger partial charge in [-0.25, -0.2) is 0 Å². The normalized spacial score (nSPS) is 13.0. The summed E-state index contributed by atoms with van der Waals surface area (Å²) in [5.74, 6) is -1.60. The van der Waals surface area contributed by atoms with Crippen LogP contribution in [0.15, 0.2) is 0 Å². The van der Waals surface area contributed by atoms with E-state index in [0.29, 0.717) is 26.2 Å². The van der Waals surface area contributed by atoms with E-state index in [9.17, 15) is 5.11 Å². The van der Waals surface area contributed by atoms with E-state index >= 15 is 0 Å². The van der Waals surface area contributed by atoms with Crippen LogP contribution >= 0.6 is 0 Å². The molecule has 1 atom stereocenters. The molecule has 0 aliphatic rings. The van der Waals surface area contributed by atoms with Gasteiger partial charge in [0, 0.05) is 32.8 Å². The molecule has 0 aliphatic carbocycles. The number of hydrogen-bond donors (Lipinski definition) is 1. The Hall–Kier alpha value is 0.723. The first-order valence-electron chi connectivity index (χ1n) is 8.26. The van der Waals surface area contributed by atoms with Crippen molar-refractivity contribution in [3.05, 3.63) is 0 Å². The van der Waals surface area contributed by atoms with Crippen molar-refractivity contribution in [2.24, 2.45) is 0 Å². The molecule has 5 heteroatoms. The maximum Gasteiger partial charge on any atom is 0.308 e. The van der Waals surface area contributed by atoms with Crippen molar-refractivity contribution >= 4 is 0 Å². The number of hydrogen-bond acceptors (Lipinski definition) is 4. The molecule has 0 spiro atoms. The average molecular weight is 382 g/mol. The van der Waals surface area contributed by atoms with Gasteiger partial charge in [0.2, 0.25) is 0 Å². The van der Waals surface area contributed by atoms with Gasteiger partial charge >= 0.3 is 5.97 Å². The second kappa shape index (κ2) is 15.6. The van der Waals surface area contributed by atoms with Gasteiger partial charge in [-0.15, -0.1) is 0 Å². The second-order valence-electron chi connectivity index (χ2n) is 5.16. The van der Waals surface area contributed by atoms with Gasteiger partial charge in [0.1, 0.15) is 6.10 Å². The summed E-state index contributed by atoms with van der Waals surface area (Å²) in [7, 11) is 0. The molecule has 0 aromatic heterocycles. The Bertz CT molecular complexity index is 204. The Kier molecular flexibility index (Phi) is 17.8. The predicted molar refractivity (Wildman–Crippen MR) is 81.6 cm³/mol. The molecule has 0 amide bonds. The van der Waals surface area contributed by atoms with Crippen molar-refractivity contribution in [3.8, 4) is 0 Å². The molecule has 0 aromatic rings. The van der Waals surface area contributed by atoms with Crippen LogP contribution in [0.3, 0.4) is 0 Å². The minimum Gasteiger partial charge on any atom is -0.370 e. The predicted octanol–water partition coefficient (Wildman–Crippen LogP) is 3.86. The summed E-state index contributed by atoms with van der Waals surface area (Å²) < 4.78 is 17.0. The third-order valence-electron chi connectivity index (χ3n) is 3.21. The molecule has 0 aliphatic heterocycles. The summed E-state index contributed by atoms with van der Waals surface area (Å²) in [6.45, 7) is 9.90. The SMILES string of the molecule is CCCCOC(CC)C(O)(OCCCC)OCCCC.[Zr]. The van der Waals surface area contributed by atoms with Crippen LogP contribution in [0.2, 0.25) is 0 Å². The number of unbranched alkanes of at least 4 members (excludes halogenated alkanes) is 3. The summed E-state index contributed by atoms with van der Waals surface area (Å²) in [5.41, 5.74) is 0. The molecule has 0 saturated carbocycles. The van der Waals surface area contributed by atoms with Crippen LogP contribution < -0.4 is 0 Å². The molecule has 4 nitrogen and oxygen atoms in total. The molecule has 0 saturated heterocycles. The topological polar surface area (TPSA) is 47.9 Å². The smallest absolute Gasteiger partial charge is 0.308 e. The zero-order valence-electron chi connectivity index (χ0n) is 14.3. The van der Waals surface area contributed by atoms with Crippen LogP contribution in [0.5, 0.6) is 0 Å². The first-order valence-corrected chi connectivity index (χ1v) is 8.26. The number of rotatable bonds is 14. The van der Waals surface area contributed by atoms with Crippen LogP contribution in [-0.2, 0) is 40.4 Å². The molecule has 0 heterocycles. The Labute approximate surface area is 150 Å². The third kappa shape index (κ3) is 11.0. The molecule has 1 unspecified atom stereocenters. The van der Waals surface area contributed by atoms with E-state index in [1.807, 2.05) is 6.92 Å². The molecular weight excluding hydrogens is 347 g/mol. The Morgan fingerprint density at radius 1 is 0.810 bits per heavy atom. The van der Waals surface area contributed by atoms with Crippen LogP contribution in [-0.4, -0.2) is 37.0 Å². The third-order valence-corrected chi connectivity index (χ3v) is 3.21. The summed E-state index contributed by atoms with van der Waals surface area (Å²) in [6.07, 6.45) is 6.16. The van der Waals surface area contributed by atoms with E-state index in [2.05, 4.69) is 20.8 Å². The fourth-order valence-electron chi connectivity index (χ4n) is 1.80. The quantitative estimate of drug-likeness (QED) is 0.367. The van der Waals surface area contributed by atoms with Gasteiger partial charge in [-0.1, -0.05) is 47.0 Å². The molecular formula is C16H34O4Zr. The van der Waals surface area contributed by atoms with Crippen molar-refractivity contribution in [2.45, 2.75) is 84.7 Å². The molecule has 1 N–H and O–H groups in total. The van der Waals surface area contributed by atoms with Crippen molar-refractivity contribution in [2.75, 3.05) is 19.8 Å². The minimum atomic E-state index is -1.60. The largest absolute Gasteiger partial charge is 0.370 e. The standard InChI is InChI=1S/C16H34O4.Zr/c1-5-9-12-18-15(8-4)16(17,19-13-10-6-2)20-14-11-7-3;/h15,17H,5-14H2,1-4H3;. The first-order chi connectivity index (χ1) is 9.64. The summed E-state index contributed by atoms with van der Waals surface area (Å²) in [6, 6.07) is 0. The van der Waals surface area contributed by atoms with E-state index in [4.69, 9.17) is 14.2 Å². The van der Waals surface area contributed by atoms with E-state index in [1.54, 1.807) is 0 Å². The maximum atomic E-state index is 10.7. The average Bonchev–Trinajstić information content (AvgIpc) is 2.44. The van der Waals surface area contributed by atoms with Crippen molar-refractivity contribution in [1.82, 2.24) is 0 Å². The zero-order chi connectivity index (χ0) is 15.3. The molecule has 0 aromatic carbocycles. The first kappa shape index (κ1) is 24.0. The van der Waals surface area contributed by atoms with E-state index < -0.39 is 12.1 Å². The van der Waals surface area contributed by atoms with Gasteiger partial charge in [-0.2, -0.15) is 0 Å². The van der Waals surface area contributed by atoms with Crippen LogP contribution in [0.25, 0.3) is 0 Å². The Morgan fingerprint density at radius 3 is 1.62 bits per heavy atom. The van der Waals surface area contributed by atoms with Crippen LogP contribution in [0.1, 0.15) is 72.6 Å². The number of aliphatic hydroxyl groups is 1. The van der Waals surface area contributed by atoms with Crippen molar-refractivity contribution < 1.29 is 45.5 Å². The maximum absolute atomic E-state index is 10.7. The fraction of sp³-hybridized carbons (Fsp3) is 1.00. The molecule has 0 radical (unpaired) electrons. The summed E-state index contributed by atoms with van der Waals surface area (Å²) >= 11 is 0.